The van der Waals surface area contributed by atoms with Crippen molar-refractivity contribution in [1.29, 1.82) is 0 Å². The first-order valence-corrected chi connectivity index (χ1v) is 7.34. The molecule has 19 heavy (non-hydrogen) atoms. The van der Waals surface area contributed by atoms with E-state index in [1.807, 2.05) is 12.1 Å². The summed E-state index contributed by atoms with van der Waals surface area (Å²) in [6, 6.07) is 7.67. The highest BCUT2D eigenvalue weighted by Crippen LogP contribution is 2.19. The molecule has 1 N–H and O–H groups in total. The lowest BCUT2D eigenvalue weighted by Gasteiger charge is -2.32. The standard InChI is InChI=1S/C16H25FN2/c1-13(2)18-11-14-7-9-19(10-8-14)12-15-5-3-4-6-16(15)17/h3-6,13-14,18H,7-12H2,1-2H3. The Labute approximate surface area is 116 Å². The first-order valence-electron chi connectivity index (χ1n) is 7.34. The van der Waals surface area contributed by atoms with Crippen LogP contribution in [0.3, 0.4) is 0 Å². The Kier molecular flexibility index (Phi) is 5.34. The topological polar surface area (TPSA) is 15.3 Å². The molecule has 0 atom stereocenters. The van der Waals surface area contributed by atoms with Gasteiger partial charge >= 0.3 is 0 Å². The van der Waals surface area contributed by atoms with Gasteiger partial charge in [-0.1, -0.05) is 32.0 Å². The van der Waals surface area contributed by atoms with Crippen molar-refractivity contribution < 1.29 is 4.39 Å². The van der Waals surface area contributed by atoms with E-state index in [0.717, 1.165) is 37.7 Å². The van der Waals surface area contributed by atoms with Crippen molar-refractivity contribution in [2.75, 3.05) is 19.6 Å². The maximum absolute atomic E-state index is 13.6. The van der Waals surface area contributed by atoms with E-state index < -0.39 is 0 Å². The molecule has 0 amide bonds. The van der Waals surface area contributed by atoms with Crippen LogP contribution in [0.1, 0.15) is 32.3 Å². The summed E-state index contributed by atoms with van der Waals surface area (Å²) in [7, 11) is 0. The van der Waals surface area contributed by atoms with Gasteiger partial charge in [0, 0.05) is 18.2 Å². The molecule has 1 aromatic carbocycles. The van der Waals surface area contributed by atoms with Gasteiger partial charge in [0.1, 0.15) is 5.82 Å². The van der Waals surface area contributed by atoms with Gasteiger partial charge in [0.15, 0.2) is 0 Å². The van der Waals surface area contributed by atoms with Gasteiger partial charge in [-0.25, -0.2) is 4.39 Å². The van der Waals surface area contributed by atoms with Crippen molar-refractivity contribution in [3.63, 3.8) is 0 Å². The molecule has 0 radical (unpaired) electrons. The first kappa shape index (κ1) is 14.5. The molecule has 0 unspecified atom stereocenters. The summed E-state index contributed by atoms with van der Waals surface area (Å²) in [4.78, 5) is 2.37. The van der Waals surface area contributed by atoms with Crippen LogP contribution in [0.4, 0.5) is 4.39 Å². The van der Waals surface area contributed by atoms with E-state index >= 15 is 0 Å². The van der Waals surface area contributed by atoms with Gasteiger partial charge < -0.3 is 5.32 Å². The Morgan fingerprint density at radius 3 is 2.58 bits per heavy atom. The van der Waals surface area contributed by atoms with Crippen molar-refractivity contribution in [2.24, 2.45) is 5.92 Å². The fourth-order valence-electron chi connectivity index (χ4n) is 2.62. The molecule has 1 saturated heterocycles. The van der Waals surface area contributed by atoms with E-state index in [-0.39, 0.29) is 5.82 Å². The minimum absolute atomic E-state index is 0.0777. The number of halogens is 1. The van der Waals surface area contributed by atoms with E-state index in [9.17, 15) is 4.39 Å². The quantitative estimate of drug-likeness (QED) is 0.879. The minimum Gasteiger partial charge on any atom is -0.314 e. The summed E-state index contributed by atoms with van der Waals surface area (Å²) in [6.45, 7) is 8.40. The van der Waals surface area contributed by atoms with Crippen LogP contribution in [0.2, 0.25) is 0 Å². The molecule has 2 nitrogen and oxygen atoms in total. The third-order valence-electron chi connectivity index (χ3n) is 3.87. The zero-order valence-electron chi connectivity index (χ0n) is 12.0. The largest absolute Gasteiger partial charge is 0.314 e. The molecule has 0 saturated carbocycles. The van der Waals surface area contributed by atoms with Gasteiger partial charge in [-0.3, -0.25) is 4.90 Å². The average molecular weight is 264 g/mol. The second-order valence-corrected chi connectivity index (χ2v) is 5.87. The second kappa shape index (κ2) is 7.01. The Hall–Kier alpha value is -0.930. The number of likely N-dealkylation sites (tertiary alicyclic amines) is 1. The molecule has 1 aliphatic rings. The maximum atomic E-state index is 13.6. The number of nitrogens with zero attached hydrogens (tertiary/aromatic N) is 1. The van der Waals surface area contributed by atoms with Crippen LogP contribution in [0.15, 0.2) is 24.3 Å². The molecule has 0 bridgehead atoms. The SMILES string of the molecule is CC(C)NCC1CCN(Cc2ccccc2F)CC1. The highest BCUT2D eigenvalue weighted by molar-refractivity contribution is 5.17. The predicted octanol–water partition coefficient (Wildman–Crippen LogP) is 3.04. The smallest absolute Gasteiger partial charge is 0.127 e. The number of piperidine rings is 1. The maximum Gasteiger partial charge on any atom is 0.127 e. The predicted molar refractivity (Wildman–Crippen MR) is 77.5 cm³/mol. The van der Waals surface area contributed by atoms with E-state index in [2.05, 4.69) is 24.1 Å². The molecule has 0 spiro atoms. The lowest BCUT2D eigenvalue weighted by atomic mass is 9.96. The summed E-state index contributed by atoms with van der Waals surface area (Å²) < 4.78 is 13.6. The number of hydrogen-bond acceptors (Lipinski definition) is 2. The van der Waals surface area contributed by atoms with E-state index in [0.29, 0.717) is 6.04 Å². The van der Waals surface area contributed by atoms with Gasteiger partial charge in [-0.15, -0.1) is 0 Å². The van der Waals surface area contributed by atoms with Gasteiger partial charge in [0.05, 0.1) is 0 Å². The van der Waals surface area contributed by atoms with Crippen molar-refractivity contribution in [3.05, 3.63) is 35.6 Å². The molecule has 1 heterocycles. The highest BCUT2D eigenvalue weighted by Gasteiger charge is 2.19. The van der Waals surface area contributed by atoms with Crippen molar-refractivity contribution >= 4 is 0 Å². The first-order chi connectivity index (χ1) is 9.15. The number of rotatable bonds is 5. The molecule has 2 rings (SSSR count). The van der Waals surface area contributed by atoms with Gasteiger partial charge in [-0.2, -0.15) is 0 Å². The monoisotopic (exact) mass is 264 g/mol. The average Bonchev–Trinajstić information content (AvgIpc) is 2.40. The zero-order valence-corrected chi connectivity index (χ0v) is 12.0. The second-order valence-electron chi connectivity index (χ2n) is 5.87. The fraction of sp³-hybridized carbons (Fsp3) is 0.625. The van der Waals surface area contributed by atoms with Crippen molar-refractivity contribution in [2.45, 2.75) is 39.3 Å². The minimum atomic E-state index is -0.0777. The third kappa shape index (κ3) is 4.59. The van der Waals surface area contributed by atoms with Crippen LogP contribution in [0, 0.1) is 11.7 Å². The van der Waals surface area contributed by atoms with Gasteiger partial charge in [0.2, 0.25) is 0 Å². The van der Waals surface area contributed by atoms with Crippen LogP contribution in [0.25, 0.3) is 0 Å². The lowest BCUT2D eigenvalue weighted by Crippen LogP contribution is -2.38. The third-order valence-corrected chi connectivity index (χ3v) is 3.87. The molecule has 106 valence electrons. The molecule has 1 aromatic rings. The molecule has 1 aliphatic heterocycles. The lowest BCUT2D eigenvalue weighted by molar-refractivity contribution is 0.172. The van der Waals surface area contributed by atoms with Crippen LogP contribution in [-0.4, -0.2) is 30.6 Å². The molecule has 0 aliphatic carbocycles. The van der Waals surface area contributed by atoms with E-state index in [1.54, 1.807) is 12.1 Å². The van der Waals surface area contributed by atoms with Crippen molar-refractivity contribution in [1.82, 2.24) is 10.2 Å². The van der Waals surface area contributed by atoms with E-state index in [4.69, 9.17) is 0 Å². The number of hydrogen-bond donors (Lipinski definition) is 1. The molecule has 0 aromatic heterocycles. The Morgan fingerprint density at radius 2 is 1.95 bits per heavy atom. The van der Waals surface area contributed by atoms with Gasteiger partial charge in [0.25, 0.3) is 0 Å². The Balaban J connectivity index is 1.76. The van der Waals surface area contributed by atoms with E-state index in [1.165, 1.54) is 12.8 Å². The van der Waals surface area contributed by atoms with Crippen LogP contribution < -0.4 is 5.32 Å². The van der Waals surface area contributed by atoms with Crippen LogP contribution in [-0.2, 0) is 6.54 Å². The molecular weight excluding hydrogens is 239 g/mol. The summed E-state index contributed by atoms with van der Waals surface area (Å²) in [5.41, 5.74) is 0.821. The molecule has 1 fully saturated rings. The molecule has 3 heteroatoms. The Bertz CT molecular complexity index is 384. The summed E-state index contributed by atoms with van der Waals surface area (Å²) in [6.07, 6.45) is 2.43. The summed E-state index contributed by atoms with van der Waals surface area (Å²) in [5, 5.41) is 3.51. The van der Waals surface area contributed by atoms with Crippen LogP contribution in [0.5, 0.6) is 0 Å². The van der Waals surface area contributed by atoms with Crippen LogP contribution >= 0.6 is 0 Å². The molecular formula is C16H25FN2. The highest BCUT2D eigenvalue weighted by atomic mass is 19.1. The summed E-state index contributed by atoms with van der Waals surface area (Å²) >= 11 is 0. The number of benzene rings is 1. The van der Waals surface area contributed by atoms with Gasteiger partial charge in [-0.05, 0) is 44.5 Å². The number of nitrogens with one attached hydrogen (secondary N) is 1. The summed E-state index contributed by atoms with van der Waals surface area (Å²) in [5.74, 6) is 0.699. The van der Waals surface area contributed by atoms with Crippen molar-refractivity contribution in [3.8, 4) is 0 Å². The Morgan fingerprint density at radius 1 is 1.26 bits per heavy atom. The normalized spacial score (nSPS) is 18.1. The fourth-order valence-corrected chi connectivity index (χ4v) is 2.62. The zero-order chi connectivity index (χ0) is 13.7.